The molecule has 2 unspecified atom stereocenters. The van der Waals surface area contributed by atoms with Crippen molar-refractivity contribution in [1.82, 2.24) is 0 Å². The molecule has 1 heterocycles. The maximum atomic E-state index is 5.33. The van der Waals surface area contributed by atoms with E-state index in [2.05, 4.69) is 44.3 Å². The zero-order valence-electron chi connectivity index (χ0n) is 9.65. The molecule has 0 radical (unpaired) electrons. The fraction of sp³-hybridized carbons (Fsp3) is 0.538. The highest BCUT2D eigenvalue weighted by Crippen LogP contribution is 2.18. The van der Waals surface area contributed by atoms with E-state index in [1.807, 2.05) is 0 Å². The summed E-state index contributed by atoms with van der Waals surface area (Å²) < 4.78 is 6.41. The Labute approximate surface area is 92.1 Å². The lowest BCUT2D eigenvalue weighted by Gasteiger charge is -2.33. The van der Waals surface area contributed by atoms with Crippen LogP contribution in [0.3, 0.4) is 0 Å². The largest absolute Gasteiger partial charge is 0.367 e. The van der Waals surface area contributed by atoms with Crippen molar-refractivity contribution < 1.29 is 9.22 Å². The van der Waals surface area contributed by atoms with Crippen molar-refractivity contribution in [2.24, 2.45) is 0 Å². The first-order valence-electron chi connectivity index (χ1n) is 5.71. The number of hydrogen-bond acceptors (Lipinski definition) is 1. The van der Waals surface area contributed by atoms with Gasteiger partial charge in [-0.3, -0.25) is 0 Å². The van der Waals surface area contributed by atoms with Gasteiger partial charge in [-0.1, -0.05) is 30.3 Å². The van der Waals surface area contributed by atoms with E-state index in [0.717, 1.165) is 30.7 Å². The van der Waals surface area contributed by atoms with Crippen molar-refractivity contribution >= 4 is 0 Å². The second-order valence-electron chi connectivity index (χ2n) is 4.72. The molecule has 1 aromatic rings. The quantitative estimate of drug-likeness (QED) is 0.530. The van der Waals surface area contributed by atoms with Crippen molar-refractivity contribution in [1.29, 1.82) is 0 Å². The number of nitrogens with zero attached hydrogens (tertiary/aromatic N) is 1. The van der Waals surface area contributed by atoms with Gasteiger partial charge < -0.3 is 9.22 Å². The number of ether oxygens (including phenoxy) is 1. The van der Waals surface area contributed by atoms with Crippen molar-refractivity contribution in [3.8, 4) is 0 Å². The molecule has 1 aliphatic heterocycles. The van der Waals surface area contributed by atoms with Gasteiger partial charge in [-0.05, 0) is 6.92 Å². The van der Waals surface area contributed by atoms with Gasteiger partial charge in [0, 0.05) is 5.56 Å². The molecule has 1 aliphatic rings. The monoisotopic (exact) mass is 206 g/mol. The van der Waals surface area contributed by atoms with Gasteiger partial charge in [0.15, 0.2) is 0 Å². The van der Waals surface area contributed by atoms with Gasteiger partial charge in [-0.15, -0.1) is 0 Å². The normalized spacial score (nSPS) is 23.5. The summed E-state index contributed by atoms with van der Waals surface area (Å²) >= 11 is 0. The smallest absolute Gasteiger partial charge is 0.130 e. The van der Waals surface area contributed by atoms with Crippen LogP contribution in [0.1, 0.15) is 12.5 Å². The maximum Gasteiger partial charge on any atom is 0.130 e. The van der Waals surface area contributed by atoms with Gasteiger partial charge >= 0.3 is 0 Å². The molecule has 0 aromatic heterocycles. The standard InChI is InChI=1S/C13H20NO/c1-3-14(2,10-13-11-15-13)9-12-7-5-4-6-8-12/h4-8,13H,3,9-11H2,1-2H3/q+1. The predicted molar refractivity (Wildman–Crippen MR) is 61.5 cm³/mol. The van der Waals surface area contributed by atoms with Gasteiger partial charge in [-0.2, -0.15) is 0 Å². The second kappa shape index (κ2) is 4.33. The van der Waals surface area contributed by atoms with Crippen molar-refractivity contribution in [2.75, 3.05) is 26.7 Å². The molecule has 2 nitrogen and oxygen atoms in total. The van der Waals surface area contributed by atoms with E-state index in [9.17, 15) is 0 Å². The molecular weight excluding hydrogens is 186 g/mol. The molecule has 1 saturated heterocycles. The molecule has 0 spiro atoms. The minimum Gasteiger partial charge on any atom is -0.367 e. The maximum absolute atomic E-state index is 5.33. The van der Waals surface area contributed by atoms with Crippen LogP contribution < -0.4 is 0 Å². The summed E-state index contributed by atoms with van der Waals surface area (Å²) in [5.41, 5.74) is 1.42. The summed E-state index contributed by atoms with van der Waals surface area (Å²) in [6.07, 6.45) is 0.513. The van der Waals surface area contributed by atoms with Crippen LogP contribution in [0.2, 0.25) is 0 Å². The van der Waals surface area contributed by atoms with Gasteiger partial charge in [0.25, 0.3) is 0 Å². The summed E-state index contributed by atoms with van der Waals surface area (Å²) in [6, 6.07) is 10.7. The van der Waals surface area contributed by atoms with Crippen LogP contribution in [0, 0.1) is 0 Å². The number of epoxide rings is 1. The zero-order chi connectivity index (χ0) is 10.7. The van der Waals surface area contributed by atoms with E-state index >= 15 is 0 Å². The first kappa shape index (κ1) is 10.7. The fourth-order valence-electron chi connectivity index (χ4n) is 1.99. The molecule has 1 fully saturated rings. The molecule has 0 saturated carbocycles. The first-order chi connectivity index (χ1) is 7.22. The van der Waals surface area contributed by atoms with Gasteiger partial charge in [-0.25, -0.2) is 0 Å². The Kier molecular flexibility index (Phi) is 3.08. The van der Waals surface area contributed by atoms with Crippen LogP contribution in [0.4, 0.5) is 0 Å². The van der Waals surface area contributed by atoms with Gasteiger partial charge in [0.1, 0.15) is 19.2 Å². The number of quaternary nitrogens is 1. The zero-order valence-corrected chi connectivity index (χ0v) is 9.65. The SMILES string of the molecule is CC[N+](C)(Cc1ccccc1)CC1CO1. The van der Waals surface area contributed by atoms with E-state index < -0.39 is 0 Å². The highest BCUT2D eigenvalue weighted by Gasteiger charge is 2.33. The number of rotatable bonds is 5. The third-order valence-corrected chi connectivity index (χ3v) is 3.22. The van der Waals surface area contributed by atoms with Crippen molar-refractivity contribution in [3.63, 3.8) is 0 Å². The topological polar surface area (TPSA) is 12.5 Å². The Morgan fingerprint density at radius 3 is 2.53 bits per heavy atom. The summed E-state index contributed by atoms with van der Waals surface area (Å²) in [5, 5.41) is 0. The number of benzene rings is 1. The molecule has 0 bridgehead atoms. The molecule has 0 aliphatic carbocycles. The average Bonchev–Trinajstić information content (AvgIpc) is 3.03. The molecule has 15 heavy (non-hydrogen) atoms. The van der Waals surface area contributed by atoms with Crippen LogP contribution in [-0.2, 0) is 11.3 Å². The lowest BCUT2D eigenvalue weighted by atomic mass is 10.2. The van der Waals surface area contributed by atoms with E-state index in [-0.39, 0.29) is 0 Å². The summed E-state index contributed by atoms with van der Waals surface area (Å²) in [5.74, 6) is 0. The molecule has 0 N–H and O–H groups in total. The number of likely N-dealkylation sites (N-methyl/N-ethyl adjacent to an activating group) is 1. The van der Waals surface area contributed by atoms with Crippen molar-refractivity contribution in [2.45, 2.75) is 19.6 Å². The fourth-order valence-corrected chi connectivity index (χ4v) is 1.99. The van der Waals surface area contributed by atoms with Crippen LogP contribution in [0.15, 0.2) is 30.3 Å². The summed E-state index contributed by atoms with van der Waals surface area (Å²) in [6.45, 7) is 6.63. The van der Waals surface area contributed by atoms with E-state index in [0.29, 0.717) is 6.10 Å². The van der Waals surface area contributed by atoms with Crippen molar-refractivity contribution in [3.05, 3.63) is 35.9 Å². The Balaban J connectivity index is 2.00. The van der Waals surface area contributed by atoms with Crippen LogP contribution in [-0.4, -0.2) is 37.3 Å². The molecule has 0 amide bonds. The highest BCUT2D eigenvalue weighted by atomic mass is 16.6. The van der Waals surface area contributed by atoms with E-state index in [1.165, 1.54) is 5.56 Å². The third kappa shape index (κ3) is 3.05. The summed E-state index contributed by atoms with van der Waals surface area (Å²) in [7, 11) is 2.31. The minimum absolute atomic E-state index is 0.513. The molecular formula is C13H20NO+. The Morgan fingerprint density at radius 2 is 2.00 bits per heavy atom. The second-order valence-corrected chi connectivity index (χ2v) is 4.72. The molecule has 2 heteroatoms. The summed E-state index contributed by atoms with van der Waals surface area (Å²) in [4.78, 5) is 0. The third-order valence-electron chi connectivity index (χ3n) is 3.22. The van der Waals surface area contributed by atoms with Crippen LogP contribution >= 0.6 is 0 Å². The molecule has 2 rings (SSSR count). The van der Waals surface area contributed by atoms with Crippen LogP contribution in [0.25, 0.3) is 0 Å². The lowest BCUT2D eigenvalue weighted by Crippen LogP contribution is -2.45. The predicted octanol–water partition coefficient (Wildman–Crippen LogP) is 2.05. The Bertz CT molecular complexity index is 308. The Hall–Kier alpha value is -0.860. The van der Waals surface area contributed by atoms with E-state index in [1.54, 1.807) is 0 Å². The average molecular weight is 206 g/mol. The highest BCUT2D eigenvalue weighted by molar-refractivity contribution is 5.13. The molecule has 1 aromatic carbocycles. The minimum atomic E-state index is 0.513. The number of hydrogen-bond donors (Lipinski definition) is 0. The van der Waals surface area contributed by atoms with Gasteiger partial charge in [0.05, 0.1) is 20.2 Å². The molecule has 2 atom stereocenters. The molecule has 82 valence electrons. The van der Waals surface area contributed by atoms with E-state index in [4.69, 9.17) is 4.74 Å². The first-order valence-corrected chi connectivity index (χ1v) is 5.71. The van der Waals surface area contributed by atoms with Gasteiger partial charge in [0.2, 0.25) is 0 Å². The Morgan fingerprint density at radius 1 is 1.33 bits per heavy atom. The lowest BCUT2D eigenvalue weighted by molar-refractivity contribution is -0.921. The van der Waals surface area contributed by atoms with Crippen LogP contribution in [0.5, 0.6) is 0 Å².